The highest BCUT2D eigenvalue weighted by Gasteiger charge is 2.17. The van der Waals surface area contributed by atoms with Gasteiger partial charge in [0.05, 0.1) is 23.8 Å². The molecular formula is C12H13BrO5. The number of ether oxygens (including phenoxy) is 3. The van der Waals surface area contributed by atoms with Gasteiger partial charge in [0.25, 0.3) is 0 Å². The van der Waals surface area contributed by atoms with Crippen LogP contribution < -0.4 is 9.47 Å². The quantitative estimate of drug-likeness (QED) is 0.631. The Hall–Kier alpha value is -1.56. The first-order chi connectivity index (χ1) is 8.49. The molecule has 0 heterocycles. The van der Waals surface area contributed by atoms with E-state index in [0.29, 0.717) is 10.0 Å². The van der Waals surface area contributed by atoms with Gasteiger partial charge in [0, 0.05) is 6.92 Å². The molecule has 98 valence electrons. The van der Waals surface area contributed by atoms with Crippen molar-refractivity contribution < 1.29 is 23.8 Å². The summed E-state index contributed by atoms with van der Waals surface area (Å²) in [6, 6.07) is 2.97. The fourth-order valence-corrected chi connectivity index (χ4v) is 1.82. The van der Waals surface area contributed by atoms with Crippen molar-refractivity contribution in [2.24, 2.45) is 0 Å². The summed E-state index contributed by atoms with van der Waals surface area (Å²) in [7, 11) is 1.42. The van der Waals surface area contributed by atoms with E-state index in [0.717, 1.165) is 0 Å². The fraction of sp³-hybridized carbons (Fsp3) is 0.333. The molecular weight excluding hydrogens is 304 g/mol. The van der Waals surface area contributed by atoms with Gasteiger partial charge in [0.15, 0.2) is 11.5 Å². The Morgan fingerprint density at radius 2 is 2.00 bits per heavy atom. The Labute approximate surface area is 113 Å². The monoisotopic (exact) mass is 316 g/mol. The Balaban J connectivity index is 3.17. The zero-order valence-electron chi connectivity index (χ0n) is 10.3. The number of rotatable bonds is 4. The van der Waals surface area contributed by atoms with E-state index in [1.807, 2.05) is 0 Å². The molecule has 1 aromatic carbocycles. The van der Waals surface area contributed by atoms with Gasteiger partial charge in [0.1, 0.15) is 0 Å². The maximum Gasteiger partial charge on any atom is 0.338 e. The molecule has 0 bridgehead atoms. The van der Waals surface area contributed by atoms with Crippen molar-refractivity contribution in [3.8, 4) is 11.5 Å². The Kier molecular flexibility index (Phi) is 5.15. The Bertz CT molecular complexity index is 470. The number of esters is 2. The molecule has 0 spiro atoms. The molecule has 0 saturated heterocycles. The summed E-state index contributed by atoms with van der Waals surface area (Å²) in [6.07, 6.45) is 0. The largest absolute Gasteiger partial charge is 0.493 e. The van der Waals surface area contributed by atoms with Crippen LogP contribution in [-0.4, -0.2) is 25.7 Å². The molecule has 0 aliphatic rings. The van der Waals surface area contributed by atoms with E-state index >= 15 is 0 Å². The highest BCUT2D eigenvalue weighted by molar-refractivity contribution is 9.10. The van der Waals surface area contributed by atoms with Crippen molar-refractivity contribution in [2.45, 2.75) is 13.8 Å². The van der Waals surface area contributed by atoms with E-state index in [-0.39, 0.29) is 18.1 Å². The second-order valence-corrected chi connectivity index (χ2v) is 4.16. The van der Waals surface area contributed by atoms with Crippen LogP contribution >= 0.6 is 15.9 Å². The third-order valence-corrected chi connectivity index (χ3v) is 2.58. The van der Waals surface area contributed by atoms with Gasteiger partial charge >= 0.3 is 11.9 Å². The van der Waals surface area contributed by atoms with E-state index in [1.54, 1.807) is 6.92 Å². The summed E-state index contributed by atoms with van der Waals surface area (Å²) in [5.74, 6) is -0.426. The van der Waals surface area contributed by atoms with Crippen molar-refractivity contribution >= 4 is 27.9 Å². The van der Waals surface area contributed by atoms with Crippen molar-refractivity contribution in [3.63, 3.8) is 0 Å². The zero-order valence-corrected chi connectivity index (χ0v) is 11.9. The van der Waals surface area contributed by atoms with Crippen LogP contribution in [0, 0.1) is 0 Å². The van der Waals surface area contributed by atoms with E-state index in [2.05, 4.69) is 15.9 Å². The van der Waals surface area contributed by atoms with Crippen LogP contribution in [0.4, 0.5) is 0 Å². The molecule has 0 atom stereocenters. The van der Waals surface area contributed by atoms with E-state index in [4.69, 9.17) is 14.2 Å². The predicted molar refractivity (Wildman–Crippen MR) is 68.0 cm³/mol. The number of carbonyl (C=O) groups excluding carboxylic acids is 2. The lowest BCUT2D eigenvalue weighted by Gasteiger charge is -2.11. The maximum atomic E-state index is 11.6. The number of halogens is 1. The topological polar surface area (TPSA) is 61.8 Å². The molecule has 18 heavy (non-hydrogen) atoms. The Morgan fingerprint density at radius 1 is 1.33 bits per heavy atom. The summed E-state index contributed by atoms with van der Waals surface area (Å²) in [6.45, 7) is 3.28. The SMILES string of the molecule is CCOC(=O)c1cc(Br)c(OC(C)=O)c(OC)c1. The molecule has 0 aliphatic heterocycles. The van der Waals surface area contributed by atoms with E-state index in [1.165, 1.54) is 26.2 Å². The molecule has 0 radical (unpaired) electrons. The smallest absolute Gasteiger partial charge is 0.338 e. The molecule has 6 heteroatoms. The van der Waals surface area contributed by atoms with E-state index < -0.39 is 11.9 Å². The standard InChI is InChI=1S/C12H13BrO5/c1-4-17-12(15)8-5-9(13)11(18-7(2)14)10(6-8)16-3/h5-6H,4H2,1-3H3. The molecule has 0 amide bonds. The summed E-state index contributed by atoms with van der Waals surface area (Å²) >= 11 is 3.22. The highest BCUT2D eigenvalue weighted by atomic mass is 79.9. The van der Waals surface area contributed by atoms with Crippen molar-refractivity contribution in [3.05, 3.63) is 22.2 Å². The van der Waals surface area contributed by atoms with Crippen LogP contribution in [0.3, 0.4) is 0 Å². The van der Waals surface area contributed by atoms with Crippen LogP contribution in [0.2, 0.25) is 0 Å². The molecule has 0 saturated carbocycles. The molecule has 0 unspecified atom stereocenters. The second-order valence-electron chi connectivity index (χ2n) is 3.30. The molecule has 1 aromatic rings. The van der Waals surface area contributed by atoms with Crippen molar-refractivity contribution in [1.82, 2.24) is 0 Å². The number of methoxy groups -OCH3 is 1. The summed E-state index contributed by atoms with van der Waals surface area (Å²) in [4.78, 5) is 22.6. The maximum absolute atomic E-state index is 11.6. The first-order valence-electron chi connectivity index (χ1n) is 5.22. The average Bonchev–Trinajstić information content (AvgIpc) is 2.31. The molecule has 0 aliphatic carbocycles. The lowest BCUT2D eigenvalue weighted by atomic mass is 10.2. The normalized spacial score (nSPS) is 9.78. The summed E-state index contributed by atoms with van der Waals surface area (Å²) < 4.78 is 15.4. The minimum absolute atomic E-state index is 0.234. The molecule has 5 nitrogen and oxygen atoms in total. The van der Waals surface area contributed by atoms with Crippen LogP contribution in [0.1, 0.15) is 24.2 Å². The highest BCUT2D eigenvalue weighted by Crippen LogP contribution is 2.36. The second kappa shape index (κ2) is 6.39. The van der Waals surface area contributed by atoms with Gasteiger partial charge in [-0.15, -0.1) is 0 Å². The van der Waals surface area contributed by atoms with E-state index in [9.17, 15) is 9.59 Å². The first-order valence-corrected chi connectivity index (χ1v) is 6.02. The van der Waals surface area contributed by atoms with Crippen LogP contribution in [0.15, 0.2) is 16.6 Å². The van der Waals surface area contributed by atoms with Gasteiger partial charge in [-0.3, -0.25) is 4.79 Å². The van der Waals surface area contributed by atoms with Gasteiger partial charge in [-0.1, -0.05) is 0 Å². The molecule has 0 aromatic heterocycles. The third-order valence-electron chi connectivity index (χ3n) is 1.99. The average molecular weight is 317 g/mol. The number of hydrogen-bond acceptors (Lipinski definition) is 5. The first kappa shape index (κ1) is 14.5. The fourth-order valence-electron chi connectivity index (χ4n) is 1.29. The lowest BCUT2D eigenvalue weighted by Crippen LogP contribution is -2.08. The van der Waals surface area contributed by atoms with Crippen molar-refractivity contribution in [1.29, 1.82) is 0 Å². The Morgan fingerprint density at radius 3 is 2.50 bits per heavy atom. The molecule has 0 fully saturated rings. The number of carbonyl (C=O) groups is 2. The third kappa shape index (κ3) is 3.46. The van der Waals surface area contributed by atoms with Crippen LogP contribution in [-0.2, 0) is 9.53 Å². The minimum atomic E-state index is -0.474. The van der Waals surface area contributed by atoms with Gasteiger partial charge < -0.3 is 14.2 Å². The van der Waals surface area contributed by atoms with Gasteiger partial charge in [0.2, 0.25) is 0 Å². The van der Waals surface area contributed by atoms with Crippen LogP contribution in [0.5, 0.6) is 11.5 Å². The zero-order chi connectivity index (χ0) is 13.7. The molecule has 0 N–H and O–H groups in total. The van der Waals surface area contributed by atoms with Crippen molar-refractivity contribution in [2.75, 3.05) is 13.7 Å². The van der Waals surface area contributed by atoms with Gasteiger partial charge in [-0.25, -0.2) is 4.79 Å². The predicted octanol–water partition coefficient (Wildman–Crippen LogP) is 2.56. The van der Waals surface area contributed by atoms with Gasteiger partial charge in [-0.2, -0.15) is 0 Å². The number of benzene rings is 1. The lowest BCUT2D eigenvalue weighted by molar-refractivity contribution is -0.132. The molecule has 1 rings (SSSR count). The minimum Gasteiger partial charge on any atom is -0.493 e. The summed E-state index contributed by atoms with van der Waals surface area (Å²) in [5, 5.41) is 0. The number of hydrogen-bond donors (Lipinski definition) is 0. The summed E-state index contributed by atoms with van der Waals surface area (Å²) in [5.41, 5.74) is 0.316. The van der Waals surface area contributed by atoms with Gasteiger partial charge in [-0.05, 0) is 35.0 Å². The van der Waals surface area contributed by atoms with Crippen LogP contribution in [0.25, 0.3) is 0 Å².